The number of carbonyl (C=O) groups is 2. The van der Waals surface area contributed by atoms with Gasteiger partial charge in [0.25, 0.3) is 0 Å². The van der Waals surface area contributed by atoms with E-state index in [0.717, 1.165) is 30.8 Å². The smallest absolute Gasteiger partial charge is 0.238 e. The minimum absolute atomic E-state index is 0.00162. The number of benzene rings is 2. The van der Waals surface area contributed by atoms with Gasteiger partial charge in [0.15, 0.2) is 0 Å². The number of nitrogens with zero attached hydrogens (tertiary/aromatic N) is 1. The van der Waals surface area contributed by atoms with Crippen LogP contribution in [0.5, 0.6) is 0 Å². The van der Waals surface area contributed by atoms with Crippen LogP contribution in [0.4, 0.5) is 5.69 Å². The molecule has 0 aromatic heterocycles. The van der Waals surface area contributed by atoms with E-state index in [0.29, 0.717) is 13.0 Å². The molecule has 0 bridgehead atoms. The van der Waals surface area contributed by atoms with Crippen molar-refractivity contribution in [1.29, 1.82) is 0 Å². The van der Waals surface area contributed by atoms with Crippen LogP contribution in [-0.2, 0) is 22.4 Å². The molecule has 5 heteroatoms. The summed E-state index contributed by atoms with van der Waals surface area (Å²) in [6, 6.07) is 17.7. The molecule has 2 N–H and O–H groups in total. The highest BCUT2D eigenvalue weighted by molar-refractivity contribution is 5.92. The summed E-state index contributed by atoms with van der Waals surface area (Å²) < 4.78 is 0. The Morgan fingerprint density at radius 1 is 0.893 bits per heavy atom. The summed E-state index contributed by atoms with van der Waals surface area (Å²) in [7, 11) is 0. The van der Waals surface area contributed by atoms with Crippen LogP contribution < -0.4 is 10.6 Å². The van der Waals surface area contributed by atoms with Crippen LogP contribution >= 0.6 is 0 Å². The predicted octanol–water partition coefficient (Wildman–Crippen LogP) is 3.26. The zero-order valence-corrected chi connectivity index (χ0v) is 17.1. The minimum atomic E-state index is -0.0241. The van der Waals surface area contributed by atoms with Crippen LogP contribution in [0, 0.1) is 0 Å². The van der Waals surface area contributed by atoms with Gasteiger partial charge in [-0.15, -0.1) is 0 Å². The summed E-state index contributed by atoms with van der Waals surface area (Å²) in [4.78, 5) is 26.4. The fourth-order valence-corrected chi connectivity index (χ4v) is 3.09. The molecule has 0 fully saturated rings. The molecule has 0 saturated carbocycles. The van der Waals surface area contributed by atoms with E-state index in [1.807, 2.05) is 63.2 Å². The Kier molecular flexibility index (Phi) is 8.69. The van der Waals surface area contributed by atoms with Gasteiger partial charge in [0.05, 0.1) is 13.0 Å². The van der Waals surface area contributed by atoms with Crippen molar-refractivity contribution in [3.63, 3.8) is 0 Å². The quantitative estimate of drug-likeness (QED) is 0.664. The summed E-state index contributed by atoms with van der Waals surface area (Å²) in [5.41, 5.74) is 2.88. The highest BCUT2D eigenvalue weighted by Crippen LogP contribution is 2.11. The first-order valence-corrected chi connectivity index (χ1v) is 9.94. The van der Waals surface area contributed by atoms with Gasteiger partial charge >= 0.3 is 0 Å². The summed E-state index contributed by atoms with van der Waals surface area (Å²) in [6.07, 6.45) is 1.14. The van der Waals surface area contributed by atoms with E-state index in [9.17, 15) is 9.59 Å². The maximum absolute atomic E-state index is 12.3. The molecular formula is C23H31N3O2. The van der Waals surface area contributed by atoms with Gasteiger partial charge in [0.2, 0.25) is 11.8 Å². The van der Waals surface area contributed by atoms with E-state index in [-0.39, 0.29) is 17.9 Å². The minimum Gasteiger partial charge on any atom is -0.353 e. The predicted molar refractivity (Wildman–Crippen MR) is 114 cm³/mol. The van der Waals surface area contributed by atoms with E-state index in [1.165, 1.54) is 5.56 Å². The van der Waals surface area contributed by atoms with Crippen LogP contribution in [0.15, 0.2) is 54.6 Å². The molecule has 5 nitrogen and oxygen atoms in total. The highest BCUT2D eigenvalue weighted by Gasteiger charge is 2.10. The topological polar surface area (TPSA) is 61.4 Å². The molecule has 1 atom stereocenters. The lowest BCUT2D eigenvalue weighted by molar-refractivity contribution is -0.121. The first-order valence-electron chi connectivity index (χ1n) is 9.94. The number of nitrogens with one attached hydrogen (secondary N) is 2. The third-order valence-electron chi connectivity index (χ3n) is 4.66. The number of hydrogen-bond donors (Lipinski definition) is 2. The maximum atomic E-state index is 12.3. The third-order valence-corrected chi connectivity index (χ3v) is 4.66. The first kappa shape index (κ1) is 21.6. The second kappa shape index (κ2) is 11.2. The average Bonchev–Trinajstić information content (AvgIpc) is 2.68. The molecule has 150 valence electrons. The molecule has 0 heterocycles. The Labute approximate surface area is 168 Å². The molecule has 28 heavy (non-hydrogen) atoms. The van der Waals surface area contributed by atoms with Gasteiger partial charge in [-0.2, -0.15) is 0 Å². The molecule has 2 aromatic carbocycles. The molecular weight excluding hydrogens is 350 g/mol. The van der Waals surface area contributed by atoms with E-state index < -0.39 is 0 Å². The standard InChI is InChI=1S/C23H31N3O2/c1-4-26(5-2)17-23(28)25-21-13-11-20(12-14-21)16-22(27)24-18(3)15-19-9-7-6-8-10-19/h6-14,18H,4-5,15-17H2,1-3H3,(H,24,27)(H,25,28). The lowest BCUT2D eigenvalue weighted by Gasteiger charge is -2.17. The van der Waals surface area contributed by atoms with Crippen LogP contribution in [0.25, 0.3) is 0 Å². The lowest BCUT2D eigenvalue weighted by atomic mass is 10.1. The van der Waals surface area contributed by atoms with Crippen LogP contribution in [0.3, 0.4) is 0 Å². The fourth-order valence-electron chi connectivity index (χ4n) is 3.09. The van der Waals surface area contributed by atoms with Gasteiger partial charge in [-0.3, -0.25) is 14.5 Å². The van der Waals surface area contributed by atoms with Crippen LogP contribution in [0.2, 0.25) is 0 Å². The number of carbonyl (C=O) groups excluding carboxylic acids is 2. The van der Waals surface area contributed by atoms with Crippen molar-refractivity contribution in [2.24, 2.45) is 0 Å². The van der Waals surface area contributed by atoms with Gasteiger partial charge in [-0.05, 0) is 49.7 Å². The fraction of sp³-hybridized carbons (Fsp3) is 0.391. The molecule has 1 unspecified atom stereocenters. The second-order valence-electron chi connectivity index (χ2n) is 7.04. The zero-order valence-electron chi connectivity index (χ0n) is 17.1. The maximum Gasteiger partial charge on any atom is 0.238 e. The number of rotatable bonds is 10. The monoisotopic (exact) mass is 381 g/mol. The van der Waals surface area contributed by atoms with Gasteiger partial charge in [0, 0.05) is 11.7 Å². The summed E-state index contributed by atoms with van der Waals surface area (Å²) in [5, 5.41) is 5.94. The molecule has 0 spiro atoms. The second-order valence-corrected chi connectivity index (χ2v) is 7.04. The van der Waals surface area contributed by atoms with Gasteiger partial charge in [-0.1, -0.05) is 56.3 Å². The highest BCUT2D eigenvalue weighted by atomic mass is 16.2. The van der Waals surface area contributed by atoms with E-state index in [4.69, 9.17) is 0 Å². The zero-order chi connectivity index (χ0) is 20.4. The molecule has 2 aromatic rings. The number of anilines is 1. The average molecular weight is 382 g/mol. The summed E-state index contributed by atoms with van der Waals surface area (Å²) in [6.45, 7) is 8.17. The van der Waals surface area contributed by atoms with Crippen molar-refractivity contribution in [3.8, 4) is 0 Å². The molecule has 0 saturated heterocycles. The van der Waals surface area contributed by atoms with Crippen molar-refractivity contribution in [2.75, 3.05) is 25.0 Å². The van der Waals surface area contributed by atoms with Crippen LogP contribution in [-0.4, -0.2) is 42.4 Å². The molecule has 0 radical (unpaired) electrons. The van der Waals surface area contributed by atoms with Crippen molar-refractivity contribution in [3.05, 3.63) is 65.7 Å². The number of likely N-dealkylation sites (N-methyl/N-ethyl adjacent to an activating group) is 1. The number of hydrogen-bond acceptors (Lipinski definition) is 3. The Morgan fingerprint density at radius 2 is 1.54 bits per heavy atom. The van der Waals surface area contributed by atoms with Gasteiger partial charge in [-0.25, -0.2) is 0 Å². The van der Waals surface area contributed by atoms with Crippen molar-refractivity contribution in [2.45, 2.75) is 39.7 Å². The van der Waals surface area contributed by atoms with Crippen molar-refractivity contribution in [1.82, 2.24) is 10.2 Å². The van der Waals surface area contributed by atoms with E-state index >= 15 is 0 Å². The first-order chi connectivity index (χ1) is 13.5. The number of amides is 2. The van der Waals surface area contributed by atoms with Crippen LogP contribution in [0.1, 0.15) is 31.9 Å². The molecule has 2 amide bonds. The molecule has 0 aliphatic heterocycles. The Balaban J connectivity index is 1.79. The van der Waals surface area contributed by atoms with Crippen molar-refractivity contribution >= 4 is 17.5 Å². The Bertz CT molecular complexity index is 740. The van der Waals surface area contributed by atoms with E-state index in [2.05, 4.69) is 27.7 Å². The largest absolute Gasteiger partial charge is 0.353 e. The van der Waals surface area contributed by atoms with E-state index in [1.54, 1.807) is 0 Å². The molecule has 2 rings (SSSR count). The van der Waals surface area contributed by atoms with Gasteiger partial charge < -0.3 is 10.6 Å². The SMILES string of the molecule is CCN(CC)CC(=O)Nc1ccc(CC(=O)NC(C)Cc2ccccc2)cc1. The van der Waals surface area contributed by atoms with Gasteiger partial charge in [0.1, 0.15) is 0 Å². The molecule has 0 aliphatic carbocycles. The Morgan fingerprint density at radius 3 is 2.14 bits per heavy atom. The summed E-state index contributed by atoms with van der Waals surface area (Å²) in [5.74, 6) is -0.0225. The summed E-state index contributed by atoms with van der Waals surface area (Å²) >= 11 is 0. The Hall–Kier alpha value is -2.66. The molecule has 0 aliphatic rings. The normalized spacial score (nSPS) is 11.9. The third kappa shape index (κ3) is 7.53. The van der Waals surface area contributed by atoms with Crippen molar-refractivity contribution < 1.29 is 9.59 Å². The lowest BCUT2D eigenvalue weighted by Crippen LogP contribution is -2.35.